The summed E-state index contributed by atoms with van der Waals surface area (Å²) in [5.74, 6) is 0. The monoisotopic (exact) mass is 153 g/mol. The van der Waals surface area contributed by atoms with Gasteiger partial charge in [0.05, 0.1) is 6.54 Å². The van der Waals surface area contributed by atoms with E-state index in [0.29, 0.717) is 0 Å². The van der Waals surface area contributed by atoms with Gasteiger partial charge in [-0.1, -0.05) is 40.3 Å². The molecule has 0 fully saturated rings. The molecular formula is C10H19N. The number of hydrogen-bond acceptors (Lipinski definition) is 1. The van der Waals surface area contributed by atoms with E-state index in [-0.39, 0.29) is 12.8 Å². The van der Waals surface area contributed by atoms with Crippen molar-refractivity contribution in [3.8, 4) is 0 Å². The second-order valence-electron chi connectivity index (χ2n) is 3.71. The molecule has 0 saturated carbocycles. The first kappa shape index (κ1) is 10.4. The van der Waals surface area contributed by atoms with Crippen molar-refractivity contribution in [3.05, 3.63) is 12.2 Å². The summed E-state index contributed by atoms with van der Waals surface area (Å²) in [4.78, 5) is 4.43. The van der Waals surface area contributed by atoms with E-state index in [2.05, 4.69) is 37.9 Å². The molecule has 64 valence electrons. The van der Waals surface area contributed by atoms with E-state index in [9.17, 15) is 0 Å². The molecule has 1 heteroatoms. The molecule has 0 atom stereocenters. The highest BCUT2D eigenvalue weighted by Crippen LogP contribution is 2.20. The second kappa shape index (κ2) is 3.70. The normalized spacial score (nSPS) is 17.2. The topological polar surface area (TPSA) is 12.4 Å². The summed E-state index contributed by atoms with van der Waals surface area (Å²) in [5, 5.41) is 0. The van der Waals surface area contributed by atoms with Gasteiger partial charge in [-0.15, -0.1) is 0 Å². The highest BCUT2D eigenvalue weighted by molar-refractivity contribution is 5.91. The van der Waals surface area contributed by atoms with E-state index in [4.69, 9.17) is 0 Å². The van der Waals surface area contributed by atoms with Crippen LogP contribution in [0.4, 0.5) is 0 Å². The molecule has 11 heavy (non-hydrogen) atoms. The summed E-state index contributed by atoms with van der Waals surface area (Å²) in [6.45, 7) is 7.52. The minimum Gasteiger partial charge on any atom is -0.289 e. The Balaban J connectivity index is 0.000001000. The molecule has 1 aliphatic rings. The molecule has 1 rings (SSSR count). The van der Waals surface area contributed by atoms with Crippen LogP contribution < -0.4 is 0 Å². The fraction of sp³-hybridized carbons (Fsp3) is 0.700. The minimum absolute atomic E-state index is 0. The Labute approximate surface area is 70.2 Å². The third-order valence-corrected chi connectivity index (χ3v) is 1.73. The van der Waals surface area contributed by atoms with Crippen LogP contribution in [-0.2, 0) is 0 Å². The van der Waals surface area contributed by atoms with Gasteiger partial charge in [0, 0.05) is 17.5 Å². The smallest absolute Gasteiger partial charge is 0.0570 e. The van der Waals surface area contributed by atoms with Crippen molar-refractivity contribution < 1.29 is 0 Å². The Morgan fingerprint density at radius 1 is 1.27 bits per heavy atom. The first-order chi connectivity index (χ1) is 4.61. The van der Waals surface area contributed by atoms with E-state index in [0.717, 1.165) is 13.0 Å². The average Bonchev–Trinajstić information content (AvgIpc) is 1.88. The lowest BCUT2D eigenvalue weighted by Crippen LogP contribution is -2.21. The zero-order valence-electron chi connectivity index (χ0n) is 7.02. The Morgan fingerprint density at radius 2 is 1.91 bits per heavy atom. The van der Waals surface area contributed by atoms with Gasteiger partial charge in [0.1, 0.15) is 0 Å². The van der Waals surface area contributed by atoms with Crippen molar-refractivity contribution in [1.29, 1.82) is 0 Å². The lowest BCUT2D eigenvalue weighted by atomic mass is 9.87. The van der Waals surface area contributed by atoms with Crippen molar-refractivity contribution in [2.45, 2.75) is 34.6 Å². The average molecular weight is 153 g/mol. The summed E-state index contributed by atoms with van der Waals surface area (Å²) >= 11 is 0. The highest BCUT2D eigenvalue weighted by Gasteiger charge is 2.17. The van der Waals surface area contributed by atoms with Gasteiger partial charge < -0.3 is 0 Å². The molecule has 0 aromatic heterocycles. The molecule has 1 heterocycles. The van der Waals surface area contributed by atoms with Crippen LogP contribution in [0, 0.1) is 5.41 Å². The Hall–Kier alpha value is -0.590. The predicted molar refractivity (Wildman–Crippen MR) is 52.2 cm³/mol. The molecular weight excluding hydrogens is 134 g/mol. The zero-order valence-corrected chi connectivity index (χ0v) is 7.02. The molecule has 0 aliphatic carbocycles. The summed E-state index contributed by atoms with van der Waals surface area (Å²) in [6, 6.07) is 0. The van der Waals surface area contributed by atoms with Crippen molar-refractivity contribution in [3.63, 3.8) is 0 Å². The molecule has 0 aromatic carbocycles. The maximum atomic E-state index is 4.43. The summed E-state index contributed by atoms with van der Waals surface area (Å²) in [7, 11) is 0. The fourth-order valence-electron chi connectivity index (χ4n) is 1.04. The van der Waals surface area contributed by atoms with Gasteiger partial charge in [0.2, 0.25) is 0 Å². The minimum atomic E-state index is 0. The van der Waals surface area contributed by atoms with E-state index >= 15 is 0 Å². The number of hydrogen-bond donors (Lipinski definition) is 0. The Bertz CT molecular complexity index is 170. The standard InChI is InChI=1S/C9H15N.CH4/c1-9(2,3)8-6-4-5-7-10-8;/h4-5H,6-7H2,1-3H3;1H4. The van der Waals surface area contributed by atoms with Gasteiger partial charge in [-0.05, 0) is 0 Å². The zero-order chi connectivity index (χ0) is 7.61. The first-order valence-corrected chi connectivity index (χ1v) is 3.79. The Kier molecular flexibility index (Phi) is 3.50. The van der Waals surface area contributed by atoms with Crippen LogP contribution in [0.1, 0.15) is 34.6 Å². The van der Waals surface area contributed by atoms with Gasteiger partial charge in [-0.2, -0.15) is 0 Å². The molecule has 1 nitrogen and oxygen atoms in total. The summed E-state index contributed by atoms with van der Waals surface area (Å²) in [5.41, 5.74) is 1.60. The van der Waals surface area contributed by atoms with Crippen LogP contribution in [0.25, 0.3) is 0 Å². The van der Waals surface area contributed by atoms with Gasteiger partial charge in [-0.25, -0.2) is 0 Å². The van der Waals surface area contributed by atoms with Gasteiger partial charge in [0.25, 0.3) is 0 Å². The van der Waals surface area contributed by atoms with Crippen LogP contribution in [0.3, 0.4) is 0 Å². The van der Waals surface area contributed by atoms with Crippen LogP contribution in [0.15, 0.2) is 17.1 Å². The van der Waals surface area contributed by atoms with Crippen molar-refractivity contribution in [2.75, 3.05) is 6.54 Å². The number of allylic oxidation sites excluding steroid dienone is 1. The number of dihydropyridines is 1. The maximum Gasteiger partial charge on any atom is 0.0570 e. The summed E-state index contributed by atoms with van der Waals surface area (Å²) in [6.07, 6.45) is 5.37. The predicted octanol–water partition coefficient (Wildman–Crippen LogP) is 3.07. The molecule has 0 N–H and O–H groups in total. The molecule has 0 bridgehead atoms. The SMILES string of the molecule is C.CC(C)(C)C1=NCC=CC1. The van der Waals surface area contributed by atoms with Gasteiger partial charge >= 0.3 is 0 Å². The number of rotatable bonds is 0. The maximum absolute atomic E-state index is 4.43. The van der Waals surface area contributed by atoms with Crippen molar-refractivity contribution >= 4 is 5.71 Å². The van der Waals surface area contributed by atoms with Crippen molar-refractivity contribution in [2.24, 2.45) is 10.4 Å². The fourth-order valence-corrected chi connectivity index (χ4v) is 1.04. The lowest BCUT2D eigenvalue weighted by Gasteiger charge is -2.21. The quantitative estimate of drug-likeness (QED) is 0.474. The third kappa shape index (κ3) is 2.87. The largest absolute Gasteiger partial charge is 0.289 e. The van der Waals surface area contributed by atoms with Crippen LogP contribution in [-0.4, -0.2) is 12.3 Å². The molecule has 0 aromatic rings. The molecule has 0 unspecified atom stereocenters. The summed E-state index contributed by atoms with van der Waals surface area (Å²) < 4.78 is 0. The number of aliphatic imine (C=N–C) groups is 1. The van der Waals surface area contributed by atoms with Crippen LogP contribution >= 0.6 is 0 Å². The van der Waals surface area contributed by atoms with Gasteiger partial charge in [-0.3, -0.25) is 4.99 Å². The highest BCUT2D eigenvalue weighted by atomic mass is 14.7. The van der Waals surface area contributed by atoms with Crippen LogP contribution in [0.5, 0.6) is 0 Å². The number of nitrogens with zero attached hydrogens (tertiary/aromatic N) is 1. The van der Waals surface area contributed by atoms with E-state index in [1.54, 1.807) is 0 Å². The molecule has 1 aliphatic heterocycles. The molecule has 0 radical (unpaired) electrons. The van der Waals surface area contributed by atoms with E-state index < -0.39 is 0 Å². The molecule has 0 spiro atoms. The van der Waals surface area contributed by atoms with E-state index in [1.807, 2.05) is 0 Å². The third-order valence-electron chi connectivity index (χ3n) is 1.73. The molecule has 0 saturated heterocycles. The van der Waals surface area contributed by atoms with Crippen LogP contribution in [0.2, 0.25) is 0 Å². The van der Waals surface area contributed by atoms with Crippen molar-refractivity contribution in [1.82, 2.24) is 0 Å². The molecule has 0 amide bonds. The lowest BCUT2D eigenvalue weighted by molar-refractivity contribution is 0.579. The first-order valence-electron chi connectivity index (χ1n) is 3.79. The van der Waals surface area contributed by atoms with E-state index in [1.165, 1.54) is 5.71 Å². The van der Waals surface area contributed by atoms with Gasteiger partial charge in [0.15, 0.2) is 0 Å². The Morgan fingerprint density at radius 3 is 2.18 bits per heavy atom. The second-order valence-corrected chi connectivity index (χ2v) is 3.71.